The molecule has 0 unspecified atom stereocenters. The van der Waals surface area contributed by atoms with E-state index >= 15 is 0 Å². The van der Waals surface area contributed by atoms with Gasteiger partial charge in [0.15, 0.2) is 0 Å². The van der Waals surface area contributed by atoms with Gasteiger partial charge in [0.25, 0.3) is 0 Å². The molecule has 2 aromatic rings. The van der Waals surface area contributed by atoms with E-state index in [4.69, 9.17) is 23.2 Å². The van der Waals surface area contributed by atoms with E-state index in [9.17, 15) is 9.59 Å². The van der Waals surface area contributed by atoms with E-state index in [2.05, 4.69) is 5.32 Å². The number of nitrogens with one attached hydrogen (secondary N) is 1. The summed E-state index contributed by atoms with van der Waals surface area (Å²) in [7, 11) is 0. The van der Waals surface area contributed by atoms with E-state index in [1.54, 1.807) is 17.9 Å². The van der Waals surface area contributed by atoms with Crippen LogP contribution in [0.1, 0.15) is 44.7 Å². The molecule has 4 nitrogen and oxygen atoms in total. The number of carbonyl (C=O) groups is 2. The van der Waals surface area contributed by atoms with Crippen LogP contribution in [0.2, 0.25) is 10.0 Å². The predicted octanol–water partition coefficient (Wildman–Crippen LogP) is 5.26. The molecule has 156 valence electrons. The van der Waals surface area contributed by atoms with Gasteiger partial charge in [-0.2, -0.15) is 0 Å². The van der Waals surface area contributed by atoms with Crippen LogP contribution in [0.4, 0.5) is 0 Å². The lowest BCUT2D eigenvalue weighted by molar-refractivity contribution is -0.140. The molecule has 2 rings (SSSR count). The smallest absolute Gasteiger partial charge is 0.242 e. The van der Waals surface area contributed by atoms with Gasteiger partial charge in [-0.25, -0.2) is 0 Å². The lowest BCUT2D eigenvalue weighted by Gasteiger charge is -2.30. The molecule has 0 radical (unpaired) electrons. The van der Waals surface area contributed by atoms with E-state index < -0.39 is 6.04 Å². The highest BCUT2D eigenvalue weighted by Gasteiger charge is 2.27. The monoisotopic (exact) mass is 434 g/mol. The topological polar surface area (TPSA) is 49.4 Å². The van der Waals surface area contributed by atoms with Gasteiger partial charge in [0.1, 0.15) is 6.04 Å². The molecule has 0 saturated heterocycles. The Labute approximate surface area is 183 Å². The number of aryl methyl sites for hydroxylation is 1. The molecule has 2 aromatic carbocycles. The first kappa shape index (κ1) is 23.2. The molecular formula is C23H28Cl2N2O2. The molecule has 0 aliphatic heterocycles. The van der Waals surface area contributed by atoms with Crippen LogP contribution in [0.3, 0.4) is 0 Å². The van der Waals surface area contributed by atoms with E-state index in [0.717, 1.165) is 17.5 Å². The van der Waals surface area contributed by atoms with Crippen molar-refractivity contribution in [2.45, 2.75) is 58.7 Å². The van der Waals surface area contributed by atoms with Crippen molar-refractivity contribution >= 4 is 35.0 Å². The van der Waals surface area contributed by atoms with Crippen molar-refractivity contribution in [3.8, 4) is 0 Å². The van der Waals surface area contributed by atoms with Crippen molar-refractivity contribution in [3.63, 3.8) is 0 Å². The fraction of sp³-hybridized carbons (Fsp3) is 0.391. The lowest BCUT2D eigenvalue weighted by Crippen LogP contribution is -2.49. The summed E-state index contributed by atoms with van der Waals surface area (Å²) in [5, 5.41) is 4.18. The van der Waals surface area contributed by atoms with Gasteiger partial charge in [-0.05, 0) is 49.9 Å². The first-order valence-corrected chi connectivity index (χ1v) is 10.7. The summed E-state index contributed by atoms with van der Waals surface area (Å²) in [6.07, 6.45) is 1.59. The van der Waals surface area contributed by atoms with E-state index in [-0.39, 0.29) is 30.8 Å². The Morgan fingerprint density at radius 1 is 0.966 bits per heavy atom. The van der Waals surface area contributed by atoms with Gasteiger partial charge in [0, 0.05) is 29.1 Å². The normalized spacial score (nSPS) is 12.9. The van der Waals surface area contributed by atoms with Crippen LogP contribution in [0.15, 0.2) is 48.5 Å². The highest BCUT2D eigenvalue weighted by molar-refractivity contribution is 6.31. The Bertz CT molecular complexity index is 841. The van der Waals surface area contributed by atoms with Crippen molar-refractivity contribution < 1.29 is 9.59 Å². The number of hydrogen-bond donors (Lipinski definition) is 1. The minimum absolute atomic E-state index is 0.0466. The molecule has 0 fully saturated rings. The van der Waals surface area contributed by atoms with Crippen LogP contribution in [0.5, 0.6) is 0 Å². The summed E-state index contributed by atoms with van der Waals surface area (Å²) in [5.74, 6) is -0.283. The number of benzene rings is 2. The average molecular weight is 435 g/mol. The Hall–Kier alpha value is -2.04. The van der Waals surface area contributed by atoms with E-state index in [1.807, 2.05) is 56.3 Å². The molecule has 29 heavy (non-hydrogen) atoms. The predicted molar refractivity (Wildman–Crippen MR) is 119 cm³/mol. The minimum atomic E-state index is -0.612. The van der Waals surface area contributed by atoms with Gasteiger partial charge >= 0.3 is 0 Å². The molecule has 0 heterocycles. The van der Waals surface area contributed by atoms with Crippen LogP contribution in [0, 0.1) is 0 Å². The SMILES string of the molecule is CC[C@@H](C)NC(=O)[C@H](C)N(Cc1ccccc1Cl)C(=O)CCc1ccccc1Cl. The molecule has 0 bridgehead atoms. The summed E-state index contributed by atoms with van der Waals surface area (Å²) >= 11 is 12.5. The highest BCUT2D eigenvalue weighted by Crippen LogP contribution is 2.21. The third-order valence-electron chi connectivity index (χ3n) is 5.03. The Morgan fingerprint density at radius 3 is 2.07 bits per heavy atom. The lowest BCUT2D eigenvalue weighted by atomic mass is 10.1. The third kappa shape index (κ3) is 6.76. The van der Waals surface area contributed by atoms with E-state index in [0.29, 0.717) is 16.5 Å². The quantitative estimate of drug-likeness (QED) is 0.584. The number of carbonyl (C=O) groups excluding carboxylic acids is 2. The first-order valence-electron chi connectivity index (χ1n) is 9.90. The molecular weight excluding hydrogens is 407 g/mol. The third-order valence-corrected chi connectivity index (χ3v) is 5.77. The van der Waals surface area contributed by atoms with Gasteiger partial charge in [-0.15, -0.1) is 0 Å². The average Bonchev–Trinajstić information content (AvgIpc) is 2.71. The van der Waals surface area contributed by atoms with Gasteiger partial charge in [-0.3, -0.25) is 9.59 Å². The fourth-order valence-electron chi connectivity index (χ4n) is 2.94. The summed E-state index contributed by atoms with van der Waals surface area (Å²) in [5.41, 5.74) is 1.72. The second kappa shape index (κ2) is 11.2. The minimum Gasteiger partial charge on any atom is -0.352 e. The summed E-state index contributed by atoms with van der Waals surface area (Å²) in [6.45, 7) is 5.98. The van der Waals surface area contributed by atoms with Gasteiger partial charge in [-0.1, -0.05) is 66.5 Å². The first-order chi connectivity index (χ1) is 13.8. The molecule has 1 N–H and O–H groups in total. The number of amides is 2. The maximum atomic E-state index is 13.1. The zero-order chi connectivity index (χ0) is 21.4. The second-order valence-corrected chi connectivity index (χ2v) is 8.01. The van der Waals surface area contributed by atoms with Crippen molar-refractivity contribution in [3.05, 3.63) is 69.7 Å². The van der Waals surface area contributed by atoms with Crippen molar-refractivity contribution in [2.75, 3.05) is 0 Å². The van der Waals surface area contributed by atoms with Crippen molar-refractivity contribution in [1.29, 1.82) is 0 Å². The largest absolute Gasteiger partial charge is 0.352 e. The van der Waals surface area contributed by atoms with Crippen LogP contribution in [-0.4, -0.2) is 28.8 Å². The zero-order valence-electron chi connectivity index (χ0n) is 17.1. The molecule has 0 aliphatic rings. The van der Waals surface area contributed by atoms with Crippen LogP contribution in [0.25, 0.3) is 0 Å². The van der Waals surface area contributed by atoms with E-state index in [1.165, 1.54) is 0 Å². The molecule has 2 amide bonds. The van der Waals surface area contributed by atoms with Gasteiger partial charge in [0.2, 0.25) is 11.8 Å². The Balaban J connectivity index is 2.18. The molecule has 6 heteroatoms. The second-order valence-electron chi connectivity index (χ2n) is 7.20. The standard InChI is InChI=1S/C23H28Cl2N2O2/c1-4-16(2)26-23(29)17(3)27(15-19-10-6-8-12-21(19)25)22(28)14-13-18-9-5-7-11-20(18)24/h5-12,16-17H,4,13-15H2,1-3H3,(H,26,29)/t16-,17+/m1/s1. The van der Waals surface area contributed by atoms with Gasteiger partial charge < -0.3 is 10.2 Å². The van der Waals surface area contributed by atoms with Gasteiger partial charge in [0.05, 0.1) is 0 Å². The Morgan fingerprint density at radius 2 is 1.52 bits per heavy atom. The number of rotatable bonds is 9. The van der Waals surface area contributed by atoms with Crippen LogP contribution in [-0.2, 0) is 22.6 Å². The van der Waals surface area contributed by atoms with Crippen molar-refractivity contribution in [2.24, 2.45) is 0 Å². The number of halogens is 2. The Kier molecular flexibility index (Phi) is 8.99. The van der Waals surface area contributed by atoms with Crippen LogP contribution >= 0.6 is 23.2 Å². The summed E-state index contributed by atoms with van der Waals surface area (Å²) < 4.78 is 0. The molecule has 2 atom stereocenters. The molecule has 0 saturated carbocycles. The van der Waals surface area contributed by atoms with Crippen molar-refractivity contribution in [1.82, 2.24) is 10.2 Å². The molecule has 0 aliphatic carbocycles. The summed E-state index contributed by atoms with van der Waals surface area (Å²) in [4.78, 5) is 27.4. The number of nitrogens with zero attached hydrogens (tertiary/aromatic N) is 1. The number of hydrogen-bond acceptors (Lipinski definition) is 2. The maximum Gasteiger partial charge on any atom is 0.242 e. The van der Waals surface area contributed by atoms with Crippen LogP contribution < -0.4 is 5.32 Å². The zero-order valence-corrected chi connectivity index (χ0v) is 18.6. The molecule has 0 aromatic heterocycles. The summed E-state index contributed by atoms with van der Waals surface area (Å²) in [6, 6.07) is 14.3. The maximum absolute atomic E-state index is 13.1. The molecule has 0 spiro atoms. The fourth-order valence-corrected chi connectivity index (χ4v) is 3.37. The highest BCUT2D eigenvalue weighted by atomic mass is 35.5.